The Bertz CT molecular complexity index is 730. The third-order valence-corrected chi connectivity index (χ3v) is 3.76. The highest BCUT2D eigenvalue weighted by Gasteiger charge is 2.10. The quantitative estimate of drug-likeness (QED) is 0.762. The minimum Gasteiger partial charge on any atom is -0.388 e. The normalized spacial score (nSPS) is 13.4. The number of rotatable bonds is 4. The highest BCUT2D eigenvalue weighted by atomic mass is 16.3. The van der Waals surface area contributed by atoms with Gasteiger partial charge < -0.3 is 15.0 Å². The number of aromatic amines is 1. The lowest BCUT2D eigenvalue weighted by Gasteiger charge is -2.14. The number of hydrogen-bond acceptors (Lipinski definition) is 2. The summed E-state index contributed by atoms with van der Waals surface area (Å²) in [6.07, 6.45) is 0.340. The fraction of sp³-hybridized carbons (Fsp3) is 0.294. The summed E-state index contributed by atoms with van der Waals surface area (Å²) in [5, 5.41) is 12.7. The summed E-state index contributed by atoms with van der Waals surface area (Å²) in [7, 11) is 4.04. The van der Waals surface area contributed by atoms with Crippen LogP contribution in [0.2, 0.25) is 0 Å². The summed E-state index contributed by atoms with van der Waals surface area (Å²) >= 11 is 0. The van der Waals surface area contributed by atoms with E-state index < -0.39 is 6.10 Å². The largest absolute Gasteiger partial charge is 0.388 e. The molecule has 20 heavy (non-hydrogen) atoms. The van der Waals surface area contributed by atoms with E-state index in [4.69, 9.17) is 0 Å². The molecule has 3 heteroatoms. The van der Waals surface area contributed by atoms with Crippen LogP contribution in [0.4, 0.5) is 0 Å². The topological polar surface area (TPSA) is 39.3 Å². The zero-order valence-corrected chi connectivity index (χ0v) is 11.9. The number of para-hydroxylation sites is 1. The van der Waals surface area contributed by atoms with E-state index in [0.29, 0.717) is 0 Å². The van der Waals surface area contributed by atoms with Crippen LogP contribution in [0.25, 0.3) is 21.8 Å². The number of aliphatic hydroxyl groups excluding tert-OH is 1. The Hall–Kier alpha value is -1.84. The lowest BCUT2D eigenvalue weighted by molar-refractivity contribution is 0.154. The first-order valence-electron chi connectivity index (χ1n) is 6.98. The Balaban J connectivity index is 1.96. The van der Waals surface area contributed by atoms with Crippen LogP contribution in [0, 0.1) is 0 Å². The molecule has 0 saturated heterocycles. The maximum atomic E-state index is 10.3. The number of fused-ring (bicyclic) bond motifs is 3. The van der Waals surface area contributed by atoms with Gasteiger partial charge in [-0.15, -0.1) is 0 Å². The molecule has 0 radical (unpaired) electrons. The third-order valence-electron chi connectivity index (χ3n) is 3.76. The summed E-state index contributed by atoms with van der Waals surface area (Å²) in [6, 6.07) is 14.5. The Morgan fingerprint density at radius 2 is 1.80 bits per heavy atom. The van der Waals surface area contributed by atoms with E-state index in [9.17, 15) is 5.11 Å². The van der Waals surface area contributed by atoms with Gasteiger partial charge in [0.1, 0.15) is 0 Å². The monoisotopic (exact) mass is 268 g/mol. The molecule has 3 nitrogen and oxygen atoms in total. The van der Waals surface area contributed by atoms with Gasteiger partial charge in [0.25, 0.3) is 0 Å². The highest BCUT2D eigenvalue weighted by Crippen LogP contribution is 2.28. The van der Waals surface area contributed by atoms with Crippen molar-refractivity contribution in [3.05, 3.63) is 48.0 Å². The van der Waals surface area contributed by atoms with Crippen LogP contribution in [0.5, 0.6) is 0 Å². The van der Waals surface area contributed by atoms with Crippen molar-refractivity contribution in [3.8, 4) is 0 Å². The first-order chi connectivity index (χ1) is 9.65. The third kappa shape index (κ3) is 2.42. The summed E-state index contributed by atoms with van der Waals surface area (Å²) in [5.74, 6) is 0. The number of nitrogens with zero attached hydrogens (tertiary/aromatic N) is 1. The fourth-order valence-electron chi connectivity index (χ4n) is 2.63. The second-order valence-electron chi connectivity index (χ2n) is 5.58. The molecule has 0 fully saturated rings. The molecule has 0 aliphatic carbocycles. The maximum Gasteiger partial charge on any atom is 0.0803 e. The van der Waals surface area contributed by atoms with Crippen LogP contribution in [-0.4, -0.2) is 35.6 Å². The second-order valence-corrected chi connectivity index (χ2v) is 5.58. The average Bonchev–Trinajstić information content (AvgIpc) is 2.82. The van der Waals surface area contributed by atoms with Gasteiger partial charge in [0.2, 0.25) is 0 Å². The predicted molar refractivity (Wildman–Crippen MR) is 83.9 cm³/mol. The number of nitrogens with one attached hydrogen (secondary N) is 1. The summed E-state index contributed by atoms with van der Waals surface area (Å²) < 4.78 is 0. The Morgan fingerprint density at radius 3 is 2.60 bits per heavy atom. The number of aliphatic hydroxyl groups is 1. The standard InChI is InChI=1S/C17H20N2O/c1-19(2)10-9-17(20)12-7-8-14-13-5-3-4-6-15(13)18-16(14)11-12/h3-8,11,17-18,20H,9-10H2,1-2H3. The minimum absolute atomic E-state index is 0.409. The molecular formula is C17H20N2O. The van der Waals surface area contributed by atoms with Crippen molar-refractivity contribution in [2.45, 2.75) is 12.5 Å². The minimum atomic E-state index is -0.409. The molecule has 1 heterocycles. The molecule has 0 bridgehead atoms. The number of aromatic nitrogens is 1. The Kier molecular flexibility index (Phi) is 3.47. The Morgan fingerprint density at radius 1 is 1.05 bits per heavy atom. The molecule has 0 aliphatic rings. The summed E-state index contributed by atoms with van der Waals surface area (Å²) in [4.78, 5) is 5.50. The lowest BCUT2D eigenvalue weighted by atomic mass is 10.0. The van der Waals surface area contributed by atoms with Gasteiger partial charge in [-0.2, -0.15) is 0 Å². The molecule has 1 aromatic heterocycles. The summed E-state index contributed by atoms with van der Waals surface area (Å²) in [5.41, 5.74) is 3.21. The van der Waals surface area contributed by atoms with Crippen LogP contribution in [0.3, 0.4) is 0 Å². The van der Waals surface area contributed by atoms with Gasteiger partial charge in [-0.25, -0.2) is 0 Å². The predicted octanol–water partition coefficient (Wildman–Crippen LogP) is 3.31. The lowest BCUT2D eigenvalue weighted by Crippen LogP contribution is -2.15. The number of benzene rings is 2. The first kappa shape index (κ1) is 13.2. The van der Waals surface area contributed by atoms with Crippen molar-refractivity contribution in [3.63, 3.8) is 0 Å². The van der Waals surface area contributed by atoms with Gasteiger partial charge in [-0.3, -0.25) is 0 Å². The molecule has 0 amide bonds. The molecule has 0 aliphatic heterocycles. The van der Waals surface area contributed by atoms with Gasteiger partial charge in [0, 0.05) is 28.4 Å². The second kappa shape index (κ2) is 5.27. The van der Waals surface area contributed by atoms with E-state index in [1.54, 1.807) is 0 Å². The van der Waals surface area contributed by atoms with E-state index >= 15 is 0 Å². The molecule has 3 aromatic rings. The van der Waals surface area contributed by atoms with Gasteiger partial charge in [-0.1, -0.05) is 30.3 Å². The molecule has 104 valence electrons. The molecular weight excluding hydrogens is 248 g/mol. The molecule has 3 rings (SSSR count). The Labute approximate surface area is 118 Å². The van der Waals surface area contributed by atoms with Crippen molar-refractivity contribution >= 4 is 21.8 Å². The van der Waals surface area contributed by atoms with Crippen molar-refractivity contribution in [2.75, 3.05) is 20.6 Å². The van der Waals surface area contributed by atoms with Crippen LogP contribution < -0.4 is 0 Å². The zero-order valence-electron chi connectivity index (χ0n) is 11.9. The van der Waals surface area contributed by atoms with Gasteiger partial charge in [-0.05, 0) is 38.2 Å². The van der Waals surface area contributed by atoms with Gasteiger partial charge >= 0.3 is 0 Å². The van der Waals surface area contributed by atoms with Crippen LogP contribution in [0.15, 0.2) is 42.5 Å². The zero-order chi connectivity index (χ0) is 14.1. The van der Waals surface area contributed by atoms with Crippen molar-refractivity contribution < 1.29 is 5.11 Å². The molecule has 0 spiro atoms. The molecule has 1 atom stereocenters. The molecule has 0 saturated carbocycles. The number of hydrogen-bond donors (Lipinski definition) is 2. The van der Waals surface area contributed by atoms with Crippen LogP contribution >= 0.6 is 0 Å². The molecule has 2 aromatic carbocycles. The van der Waals surface area contributed by atoms with Crippen molar-refractivity contribution in [2.24, 2.45) is 0 Å². The van der Waals surface area contributed by atoms with E-state index in [1.165, 1.54) is 10.8 Å². The van der Waals surface area contributed by atoms with E-state index in [-0.39, 0.29) is 0 Å². The van der Waals surface area contributed by atoms with Crippen LogP contribution in [-0.2, 0) is 0 Å². The van der Waals surface area contributed by atoms with Gasteiger partial charge in [0.15, 0.2) is 0 Å². The SMILES string of the molecule is CN(C)CCC(O)c1ccc2c(c1)[nH]c1ccccc12. The number of H-pyrrole nitrogens is 1. The molecule has 1 unspecified atom stereocenters. The average molecular weight is 268 g/mol. The van der Waals surface area contributed by atoms with Crippen molar-refractivity contribution in [1.29, 1.82) is 0 Å². The first-order valence-corrected chi connectivity index (χ1v) is 6.98. The van der Waals surface area contributed by atoms with Gasteiger partial charge in [0.05, 0.1) is 6.10 Å². The van der Waals surface area contributed by atoms with Crippen molar-refractivity contribution in [1.82, 2.24) is 9.88 Å². The highest BCUT2D eigenvalue weighted by molar-refractivity contribution is 6.07. The molecule has 2 N–H and O–H groups in total. The smallest absolute Gasteiger partial charge is 0.0803 e. The van der Waals surface area contributed by atoms with E-state index in [0.717, 1.165) is 29.6 Å². The fourth-order valence-corrected chi connectivity index (χ4v) is 2.63. The van der Waals surface area contributed by atoms with Crippen LogP contribution in [0.1, 0.15) is 18.1 Å². The van der Waals surface area contributed by atoms with E-state index in [1.807, 2.05) is 26.2 Å². The summed E-state index contributed by atoms with van der Waals surface area (Å²) in [6.45, 7) is 0.881. The van der Waals surface area contributed by atoms with E-state index in [2.05, 4.69) is 40.2 Å². The maximum absolute atomic E-state index is 10.3.